The summed E-state index contributed by atoms with van der Waals surface area (Å²) in [6, 6.07) is 13.0. The summed E-state index contributed by atoms with van der Waals surface area (Å²) in [4.78, 5) is 40.0. The molecule has 1 N–H and O–H groups in total. The molecule has 4 rings (SSSR count). The van der Waals surface area contributed by atoms with Crippen molar-refractivity contribution >= 4 is 28.4 Å². The van der Waals surface area contributed by atoms with E-state index in [4.69, 9.17) is 0 Å². The largest absolute Gasteiger partial charge is 0.345 e. The molecule has 1 saturated heterocycles. The zero-order valence-electron chi connectivity index (χ0n) is 16.7. The topological polar surface area (TPSA) is 66.5 Å². The van der Waals surface area contributed by atoms with E-state index >= 15 is 0 Å². The normalized spacial score (nSPS) is 20.4. The van der Waals surface area contributed by atoms with Crippen LogP contribution in [0.4, 0.5) is 0 Å². The Morgan fingerprint density at radius 2 is 1.55 bits per heavy atom. The molecule has 5 nitrogen and oxygen atoms in total. The highest BCUT2D eigenvalue weighted by Crippen LogP contribution is 2.24. The molecule has 1 aliphatic heterocycles. The van der Waals surface area contributed by atoms with E-state index in [1.807, 2.05) is 42.5 Å². The highest BCUT2D eigenvalue weighted by molar-refractivity contribution is 6.35. The lowest BCUT2D eigenvalue weighted by molar-refractivity contribution is -0.146. The molecule has 0 radical (unpaired) electrons. The summed E-state index contributed by atoms with van der Waals surface area (Å²) in [7, 11) is 0. The minimum Gasteiger partial charge on any atom is -0.345 e. The Balaban J connectivity index is 1.46. The van der Waals surface area contributed by atoms with Crippen LogP contribution in [-0.2, 0) is 9.59 Å². The number of ketones is 1. The number of rotatable bonds is 3. The first-order valence-corrected chi connectivity index (χ1v) is 10.8. The third kappa shape index (κ3) is 4.34. The highest BCUT2D eigenvalue weighted by atomic mass is 16.2. The molecule has 1 heterocycles. The van der Waals surface area contributed by atoms with Crippen molar-refractivity contribution in [1.82, 2.24) is 10.2 Å². The molecule has 29 heavy (non-hydrogen) atoms. The Hall–Kier alpha value is -2.69. The second-order valence-electron chi connectivity index (χ2n) is 8.24. The van der Waals surface area contributed by atoms with Crippen LogP contribution >= 0.6 is 0 Å². The number of Topliss-reactive ketones (excluding diaryl/α,β-unsaturated/α-hetero) is 1. The maximum Gasteiger partial charge on any atom is 0.312 e. The van der Waals surface area contributed by atoms with Crippen LogP contribution in [0.2, 0.25) is 0 Å². The minimum atomic E-state index is -0.564. The van der Waals surface area contributed by atoms with E-state index in [0.717, 1.165) is 42.9 Å². The predicted octanol–water partition coefficient (Wildman–Crippen LogP) is 3.85. The van der Waals surface area contributed by atoms with Gasteiger partial charge in [0.1, 0.15) is 0 Å². The van der Waals surface area contributed by atoms with Gasteiger partial charge in [0.2, 0.25) is 0 Å². The fourth-order valence-corrected chi connectivity index (χ4v) is 4.62. The second kappa shape index (κ2) is 8.76. The third-order valence-electron chi connectivity index (χ3n) is 6.23. The van der Waals surface area contributed by atoms with Crippen LogP contribution in [0.1, 0.15) is 61.7 Å². The van der Waals surface area contributed by atoms with E-state index in [2.05, 4.69) is 5.32 Å². The molecule has 1 unspecified atom stereocenters. The number of benzene rings is 2. The van der Waals surface area contributed by atoms with Crippen molar-refractivity contribution < 1.29 is 14.4 Å². The fraction of sp³-hybridized carbons (Fsp3) is 0.458. The lowest BCUT2D eigenvalue weighted by Gasteiger charge is -2.24. The van der Waals surface area contributed by atoms with Gasteiger partial charge in [-0.2, -0.15) is 0 Å². The fourth-order valence-electron chi connectivity index (χ4n) is 4.62. The van der Waals surface area contributed by atoms with E-state index in [1.54, 1.807) is 0 Å². The van der Waals surface area contributed by atoms with Gasteiger partial charge < -0.3 is 10.2 Å². The van der Waals surface area contributed by atoms with Gasteiger partial charge in [0.15, 0.2) is 5.78 Å². The van der Waals surface area contributed by atoms with Gasteiger partial charge in [0.25, 0.3) is 0 Å². The quantitative estimate of drug-likeness (QED) is 0.490. The number of carbonyl (C=O) groups is 3. The van der Waals surface area contributed by atoms with Crippen LogP contribution in [0.25, 0.3) is 10.8 Å². The van der Waals surface area contributed by atoms with Crippen molar-refractivity contribution in [2.45, 2.75) is 63.5 Å². The smallest absolute Gasteiger partial charge is 0.312 e. The molecule has 2 aliphatic rings. The number of fused-ring (bicyclic) bond motifs is 1. The summed E-state index contributed by atoms with van der Waals surface area (Å²) in [5.74, 6) is -1.20. The van der Waals surface area contributed by atoms with Gasteiger partial charge in [-0.3, -0.25) is 14.4 Å². The van der Waals surface area contributed by atoms with Gasteiger partial charge in [-0.05, 0) is 42.5 Å². The molecule has 1 atom stereocenters. The zero-order chi connectivity index (χ0) is 20.2. The molecule has 5 heteroatoms. The van der Waals surface area contributed by atoms with Gasteiger partial charge in [0, 0.05) is 18.2 Å². The molecule has 0 bridgehead atoms. The first-order chi connectivity index (χ1) is 14.1. The van der Waals surface area contributed by atoms with Crippen LogP contribution in [0.3, 0.4) is 0 Å². The number of nitrogens with zero attached hydrogens (tertiary/aromatic N) is 1. The van der Waals surface area contributed by atoms with Gasteiger partial charge >= 0.3 is 11.8 Å². The first kappa shape index (κ1) is 19.6. The molecule has 2 amide bonds. The van der Waals surface area contributed by atoms with Gasteiger partial charge in [0.05, 0.1) is 6.04 Å². The maximum atomic E-state index is 13.1. The summed E-state index contributed by atoms with van der Waals surface area (Å²) in [5.41, 5.74) is 0.595. The summed E-state index contributed by atoms with van der Waals surface area (Å²) < 4.78 is 0. The zero-order valence-corrected chi connectivity index (χ0v) is 16.7. The predicted molar refractivity (Wildman–Crippen MR) is 113 cm³/mol. The first-order valence-electron chi connectivity index (χ1n) is 10.8. The Morgan fingerprint density at radius 3 is 2.31 bits per heavy atom. The lowest BCUT2D eigenvalue weighted by atomic mass is 9.99. The van der Waals surface area contributed by atoms with Crippen molar-refractivity contribution in [1.29, 1.82) is 0 Å². The molecule has 0 spiro atoms. The van der Waals surface area contributed by atoms with Crippen LogP contribution in [0.15, 0.2) is 42.5 Å². The molecule has 1 saturated carbocycles. The summed E-state index contributed by atoms with van der Waals surface area (Å²) in [5, 5.41) is 4.99. The van der Waals surface area contributed by atoms with Crippen LogP contribution in [-0.4, -0.2) is 41.1 Å². The Morgan fingerprint density at radius 1 is 0.828 bits per heavy atom. The van der Waals surface area contributed by atoms with Crippen molar-refractivity contribution in [3.05, 3.63) is 48.0 Å². The lowest BCUT2D eigenvalue weighted by Crippen LogP contribution is -2.49. The number of hydrogen-bond donors (Lipinski definition) is 1. The van der Waals surface area contributed by atoms with E-state index < -0.39 is 17.9 Å². The van der Waals surface area contributed by atoms with Crippen LogP contribution in [0, 0.1) is 0 Å². The van der Waals surface area contributed by atoms with Crippen molar-refractivity contribution in [2.24, 2.45) is 0 Å². The summed E-state index contributed by atoms with van der Waals surface area (Å²) in [6.45, 7) is 0.459. The monoisotopic (exact) mass is 392 g/mol. The molecular formula is C24H28N2O3. The molecule has 2 aromatic rings. The van der Waals surface area contributed by atoms with Gasteiger partial charge in [-0.25, -0.2) is 0 Å². The Bertz CT molecular complexity index is 915. The molecular weight excluding hydrogens is 364 g/mol. The second-order valence-corrected chi connectivity index (χ2v) is 8.24. The van der Waals surface area contributed by atoms with Gasteiger partial charge in [-0.15, -0.1) is 0 Å². The van der Waals surface area contributed by atoms with Crippen LogP contribution < -0.4 is 5.32 Å². The van der Waals surface area contributed by atoms with Crippen LogP contribution in [0.5, 0.6) is 0 Å². The Kier molecular flexibility index (Phi) is 5.93. The SMILES string of the molecule is O=C(NC1CCCCCC1)C(=O)N1CCCC1C(=O)c1ccc2ccccc2c1. The van der Waals surface area contributed by atoms with Crippen molar-refractivity contribution in [3.8, 4) is 0 Å². The molecule has 0 aromatic heterocycles. The number of amides is 2. The molecule has 152 valence electrons. The van der Waals surface area contributed by atoms with E-state index in [0.29, 0.717) is 18.5 Å². The van der Waals surface area contributed by atoms with Crippen molar-refractivity contribution in [2.75, 3.05) is 6.54 Å². The van der Waals surface area contributed by atoms with Gasteiger partial charge in [-0.1, -0.05) is 62.1 Å². The van der Waals surface area contributed by atoms with E-state index in [9.17, 15) is 14.4 Å². The molecule has 2 fully saturated rings. The number of likely N-dealkylation sites (tertiary alicyclic amines) is 1. The number of nitrogens with one attached hydrogen (secondary N) is 1. The molecule has 2 aromatic carbocycles. The maximum absolute atomic E-state index is 13.1. The van der Waals surface area contributed by atoms with E-state index in [-0.39, 0.29) is 11.8 Å². The number of carbonyl (C=O) groups excluding carboxylic acids is 3. The highest BCUT2D eigenvalue weighted by Gasteiger charge is 2.37. The van der Waals surface area contributed by atoms with Crippen molar-refractivity contribution in [3.63, 3.8) is 0 Å². The summed E-state index contributed by atoms with van der Waals surface area (Å²) >= 11 is 0. The molecule has 1 aliphatic carbocycles. The Labute approximate surface area is 171 Å². The van der Waals surface area contributed by atoms with E-state index in [1.165, 1.54) is 17.7 Å². The standard InChI is InChI=1S/C24H28N2O3/c27-22(19-14-13-17-8-5-6-9-18(17)16-19)21-12-7-15-26(21)24(29)23(28)25-20-10-3-1-2-4-11-20/h5-6,8-9,13-14,16,20-21H,1-4,7,10-12,15H2,(H,25,28). The average molecular weight is 392 g/mol. The average Bonchev–Trinajstić information content (AvgIpc) is 3.10. The third-order valence-corrected chi connectivity index (χ3v) is 6.23. The summed E-state index contributed by atoms with van der Waals surface area (Å²) in [6.07, 6.45) is 7.76. The minimum absolute atomic E-state index is 0.0752. The number of hydrogen-bond acceptors (Lipinski definition) is 3.